The predicted molar refractivity (Wildman–Crippen MR) is 251 cm³/mol. The largest absolute Gasteiger partial charge is 0.135 e. The van der Waals surface area contributed by atoms with E-state index in [0.29, 0.717) is 11.8 Å². The van der Waals surface area contributed by atoms with E-state index in [1.807, 2.05) is 22.7 Å². The zero-order chi connectivity index (χ0) is 37.6. The fourth-order valence-electron chi connectivity index (χ4n) is 10.8. The molecule has 0 N–H and O–H groups in total. The Hall–Kier alpha value is -6.06. The monoisotopic (exact) mass is 760 g/mol. The van der Waals surface area contributed by atoms with Gasteiger partial charge in [0.05, 0.1) is 0 Å². The number of hydrogen-bond donors (Lipinski definition) is 0. The summed E-state index contributed by atoms with van der Waals surface area (Å²) in [5.41, 5.74) is 8.20. The van der Waals surface area contributed by atoms with Crippen molar-refractivity contribution in [3.05, 3.63) is 181 Å². The van der Waals surface area contributed by atoms with Crippen LogP contribution in [0, 0.1) is 5.92 Å². The smallest absolute Gasteiger partial charge is 0.0440 e. The van der Waals surface area contributed by atoms with Gasteiger partial charge in [0.15, 0.2) is 0 Å². The first-order valence-corrected chi connectivity index (χ1v) is 21.7. The second-order valence-electron chi connectivity index (χ2n) is 16.8. The Labute approximate surface area is 338 Å². The Kier molecular flexibility index (Phi) is 6.48. The molecule has 2 aliphatic rings. The zero-order valence-electron chi connectivity index (χ0n) is 31.6. The van der Waals surface area contributed by atoms with Gasteiger partial charge in [-0.3, -0.25) is 0 Å². The Balaban J connectivity index is 0.986. The molecule has 13 rings (SSSR count). The van der Waals surface area contributed by atoms with Crippen molar-refractivity contribution >= 4 is 106 Å². The molecular weight excluding hydrogens is 725 g/mol. The maximum atomic E-state index is 2.54. The van der Waals surface area contributed by atoms with Crippen LogP contribution in [0.5, 0.6) is 0 Å². The molecule has 11 aromatic rings. The van der Waals surface area contributed by atoms with Gasteiger partial charge in [0.25, 0.3) is 0 Å². The van der Waals surface area contributed by atoms with Gasteiger partial charge in [0.2, 0.25) is 0 Å². The van der Waals surface area contributed by atoms with Crippen molar-refractivity contribution in [2.24, 2.45) is 5.92 Å². The lowest BCUT2D eigenvalue weighted by Crippen LogP contribution is -2.24. The van der Waals surface area contributed by atoms with Crippen LogP contribution >= 0.6 is 22.7 Å². The molecule has 9 aromatic carbocycles. The van der Waals surface area contributed by atoms with E-state index in [2.05, 4.69) is 184 Å². The predicted octanol–water partition coefficient (Wildman–Crippen LogP) is 16.5. The van der Waals surface area contributed by atoms with Crippen molar-refractivity contribution in [3.63, 3.8) is 0 Å². The van der Waals surface area contributed by atoms with E-state index in [4.69, 9.17) is 0 Å². The molecular formula is C55H36S2. The highest BCUT2D eigenvalue weighted by Crippen LogP contribution is 2.56. The summed E-state index contributed by atoms with van der Waals surface area (Å²) in [6, 6.07) is 55.6. The molecule has 2 aliphatic carbocycles. The lowest BCUT2D eigenvalue weighted by molar-refractivity contribution is 0.394. The van der Waals surface area contributed by atoms with Crippen LogP contribution in [-0.4, -0.2) is 0 Å². The summed E-state index contributed by atoms with van der Waals surface area (Å²) in [7, 11) is 0. The number of fused-ring (bicyclic) bond motifs is 18. The number of hydrogen-bond acceptors (Lipinski definition) is 2. The van der Waals surface area contributed by atoms with Crippen LogP contribution in [0.25, 0.3) is 106 Å². The van der Waals surface area contributed by atoms with Crippen LogP contribution in [0.1, 0.15) is 30.9 Å². The molecule has 0 amide bonds. The van der Waals surface area contributed by atoms with E-state index in [-0.39, 0.29) is 5.41 Å². The van der Waals surface area contributed by atoms with Crippen molar-refractivity contribution in [2.75, 3.05) is 0 Å². The second-order valence-corrected chi connectivity index (χ2v) is 18.9. The normalized spacial score (nSPS) is 17.3. The lowest BCUT2D eigenvalue weighted by atomic mass is 9.74. The molecule has 0 fully saturated rings. The molecule has 0 aliphatic heterocycles. The molecule has 0 saturated heterocycles. The van der Waals surface area contributed by atoms with E-state index in [1.165, 1.54) is 117 Å². The quantitative estimate of drug-likeness (QED) is 0.154. The Morgan fingerprint density at radius 1 is 0.421 bits per heavy atom. The molecule has 2 aromatic heterocycles. The molecule has 0 bridgehead atoms. The molecule has 2 heteroatoms. The molecule has 57 heavy (non-hydrogen) atoms. The number of allylic oxidation sites excluding steroid dienone is 4. The molecule has 2 atom stereocenters. The third-order valence-electron chi connectivity index (χ3n) is 13.5. The van der Waals surface area contributed by atoms with Gasteiger partial charge in [0.1, 0.15) is 0 Å². The van der Waals surface area contributed by atoms with E-state index < -0.39 is 0 Å². The summed E-state index contributed by atoms with van der Waals surface area (Å²) in [4.78, 5) is 0. The van der Waals surface area contributed by atoms with Gasteiger partial charge in [-0.1, -0.05) is 141 Å². The summed E-state index contributed by atoms with van der Waals surface area (Å²) in [5.74, 6) is 0.896. The second kappa shape index (κ2) is 11.5. The maximum absolute atomic E-state index is 2.54. The summed E-state index contributed by atoms with van der Waals surface area (Å²) < 4.78 is 5.40. The molecule has 2 heterocycles. The zero-order valence-corrected chi connectivity index (χ0v) is 33.3. The van der Waals surface area contributed by atoms with Crippen LogP contribution in [-0.2, 0) is 5.41 Å². The minimum absolute atomic E-state index is 0.0520. The summed E-state index contributed by atoms with van der Waals surface area (Å²) >= 11 is 3.82. The highest BCUT2D eigenvalue weighted by Gasteiger charge is 2.45. The van der Waals surface area contributed by atoms with Gasteiger partial charge in [-0.05, 0) is 125 Å². The van der Waals surface area contributed by atoms with Gasteiger partial charge < -0.3 is 0 Å². The Morgan fingerprint density at radius 2 is 0.982 bits per heavy atom. The van der Waals surface area contributed by atoms with E-state index in [1.54, 1.807) is 0 Å². The fourth-order valence-corrected chi connectivity index (χ4v) is 13.1. The summed E-state index contributed by atoms with van der Waals surface area (Å²) in [6.07, 6.45) is 9.34. The molecule has 2 unspecified atom stereocenters. The third-order valence-corrected chi connectivity index (χ3v) is 15.9. The van der Waals surface area contributed by atoms with Crippen molar-refractivity contribution in [3.8, 4) is 22.3 Å². The van der Waals surface area contributed by atoms with Gasteiger partial charge >= 0.3 is 0 Å². The number of thiophene rings is 2. The van der Waals surface area contributed by atoms with Gasteiger partial charge in [0, 0.05) is 51.6 Å². The molecule has 0 nitrogen and oxygen atoms in total. The van der Waals surface area contributed by atoms with Crippen molar-refractivity contribution in [2.45, 2.75) is 25.2 Å². The molecule has 0 spiro atoms. The van der Waals surface area contributed by atoms with Crippen molar-refractivity contribution in [1.82, 2.24) is 0 Å². The highest BCUT2D eigenvalue weighted by molar-refractivity contribution is 7.27. The average Bonchev–Trinajstić information content (AvgIpc) is 3.90. The maximum Gasteiger partial charge on any atom is 0.0440 e. The minimum atomic E-state index is 0.0520. The van der Waals surface area contributed by atoms with Crippen molar-refractivity contribution < 1.29 is 0 Å². The van der Waals surface area contributed by atoms with Crippen LogP contribution in [0.15, 0.2) is 170 Å². The summed E-state index contributed by atoms with van der Waals surface area (Å²) in [6.45, 7) is 4.88. The first-order valence-electron chi connectivity index (χ1n) is 20.1. The number of benzene rings is 9. The van der Waals surface area contributed by atoms with Gasteiger partial charge in [-0.25, -0.2) is 0 Å². The van der Waals surface area contributed by atoms with E-state index in [9.17, 15) is 0 Å². The van der Waals surface area contributed by atoms with E-state index in [0.717, 1.165) is 0 Å². The first-order chi connectivity index (χ1) is 28.0. The lowest BCUT2D eigenvalue weighted by Gasteiger charge is -2.29. The molecule has 268 valence electrons. The van der Waals surface area contributed by atoms with E-state index >= 15 is 0 Å². The minimum Gasteiger partial charge on any atom is -0.135 e. The van der Waals surface area contributed by atoms with Crippen LogP contribution in [0.2, 0.25) is 0 Å². The average molecular weight is 761 g/mol. The number of rotatable bonds is 2. The fraction of sp³-hybridized carbons (Fsp3) is 0.0909. The third kappa shape index (κ3) is 4.38. The van der Waals surface area contributed by atoms with Gasteiger partial charge in [-0.2, -0.15) is 0 Å². The summed E-state index contributed by atoms with van der Waals surface area (Å²) in [5, 5.41) is 16.1. The Bertz CT molecular complexity index is 3600. The molecule has 0 saturated carbocycles. The van der Waals surface area contributed by atoms with Crippen LogP contribution in [0.3, 0.4) is 0 Å². The highest BCUT2D eigenvalue weighted by atomic mass is 32.1. The first kappa shape index (κ1) is 32.1. The SMILES string of the molecule is CC1(C)c2cc(-c3ccc4sc5ccc(-c6ccc7c(c6)c6ccccc6c6c7ccc7c8ccccc8sc76)cc5c4c3)c3ccccc3c2C2C=CC=CC21. The standard InChI is InChI=1S/C55H36S2/c1-55(2)47-17-9-7-16-42(47)52-38-14-5-3-11-34(38)43(30-48(52)55)33-21-26-51-46(29-33)45-28-32(20-25-50(45)56-51)31-19-22-36-40-23-24-41-37-13-8-10-18-49(37)57-54(41)53(40)39-15-6-4-12-35(39)44(36)27-31/h3-30,42,47H,1-2H3. The topological polar surface area (TPSA) is 0 Å². The van der Waals surface area contributed by atoms with Crippen molar-refractivity contribution in [1.29, 1.82) is 0 Å². The van der Waals surface area contributed by atoms with Gasteiger partial charge in [-0.15, -0.1) is 22.7 Å². The molecule has 0 radical (unpaired) electrons. The van der Waals surface area contributed by atoms with Crippen LogP contribution in [0.4, 0.5) is 0 Å². The van der Waals surface area contributed by atoms with Crippen LogP contribution < -0.4 is 0 Å². The Morgan fingerprint density at radius 3 is 1.81 bits per heavy atom.